The van der Waals surface area contributed by atoms with Gasteiger partial charge in [0, 0.05) is 25.3 Å². The summed E-state index contributed by atoms with van der Waals surface area (Å²) in [5, 5.41) is 15.3. The van der Waals surface area contributed by atoms with E-state index in [9.17, 15) is 4.79 Å². The summed E-state index contributed by atoms with van der Waals surface area (Å²) in [7, 11) is 0. The molecule has 0 saturated heterocycles. The van der Waals surface area contributed by atoms with E-state index in [0.717, 1.165) is 36.4 Å². The summed E-state index contributed by atoms with van der Waals surface area (Å²) < 4.78 is 0. The Labute approximate surface area is 173 Å². The lowest BCUT2D eigenvalue weighted by Gasteiger charge is -2.58. The molecule has 1 amide bonds. The Bertz CT molecular complexity index is 627. The van der Waals surface area contributed by atoms with Gasteiger partial charge in [-0.1, -0.05) is 6.08 Å². The average molecular weight is 408 g/mol. The molecule has 0 aliphatic heterocycles. The van der Waals surface area contributed by atoms with Crippen molar-refractivity contribution in [3.63, 3.8) is 0 Å². The summed E-state index contributed by atoms with van der Waals surface area (Å²) in [6, 6.07) is 0. The highest BCUT2D eigenvalue weighted by Gasteiger charge is 2.54. The van der Waals surface area contributed by atoms with E-state index in [4.69, 9.17) is 22.4 Å². The van der Waals surface area contributed by atoms with E-state index in [2.05, 4.69) is 10.6 Å². The van der Waals surface area contributed by atoms with Crippen molar-refractivity contribution in [2.24, 2.45) is 34.8 Å². The van der Waals surface area contributed by atoms with E-state index in [-0.39, 0.29) is 12.5 Å². The minimum absolute atomic E-state index is 0.130. The summed E-state index contributed by atoms with van der Waals surface area (Å²) in [5.74, 6) is 1.77. The number of halogens is 1. The molecule has 0 heterocycles. The maximum atomic E-state index is 12.3. The van der Waals surface area contributed by atoms with E-state index in [1.165, 1.54) is 38.5 Å². The number of hydrogen-bond donors (Lipinski definition) is 4. The predicted molar refractivity (Wildman–Crippen MR) is 112 cm³/mol. The van der Waals surface area contributed by atoms with Gasteiger partial charge in [-0.25, -0.2) is 0 Å². The van der Waals surface area contributed by atoms with Crippen LogP contribution in [0.2, 0.25) is 0 Å². The zero-order valence-electron chi connectivity index (χ0n) is 16.6. The van der Waals surface area contributed by atoms with Gasteiger partial charge < -0.3 is 21.5 Å². The normalized spacial score (nSPS) is 41.1. The Morgan fingerprint density at radius 2 is 1.79 bits per heavy atom. The van der Waals surface area contributed by atoms with Crippen LogP contribution in [-0.4, -0.2) is 42.1 Å². The van der Waals surface area contributed by atoms with Gasteiger partial charge in [0.15, 0.2) is 0 Å². The lowest BCUT2D eigenvalue weighted by Crippen LogP contribution is -2.51. The number of rotatable bonds is 9. The largest absolute Gasteiger partial charge is 0.395 e. The van der Waals surface area contributed by atoms with E-state index in [1.807, 2.05) is 18.2 Å². The van der Waals surface area contributed by atoms with Crippen molar-refractivity contribution in [2.75, 3.05) is 26.2 Å². The Hall–Kier alpha value is -1.04. The molecular weight excluding hydrogens is 374 g/mol. The first-order valence-corrected chi connectivity index (χ1v) is 11.2. The predicted octanol–water partition coefficient (Wildman–Crippen LogP) is 2.30. The van der Waals surface area contributed by atoms with Crippen molar-refractivity contribution in [2.45, 2.75) is 49.8 Å². The van der Waals surface area contributed by atoms with Crippen LogP contribution in [0.4, 0.5) is 0 Å². The van der Waals surface area contributed by atoms with Crippen LogP contribution in [0.5, 0.6) is 0 Å². The number of amides is 1. The molecule has 156 valence electrons. The van der Waals surface area contributed by atoms with Crippen LogP contribution in [0, 0.1) is 29.1 Å². The van der Waals surface area contributed by atoms with Gasteiger partial charge in [-0.05, 0) is 80.3 Å². The molecule has 28 heavy (non-hydrogen) atoms. The van der Waals surface area contributed by atoms with Crippen LogP contribution >= 0.6 is 11.6 Å². The molecule has 4 fully saturated rings. The van der Waals surface area contributed by atoms with Crippen LogP contribution in [-0.2, 0) is 4.79 Å². The van der Waals surface area contributed by atoms with Crippen molar-refractivity contribution in [3.05, 3.63) is 23.9 Å². The van der Waals surface area contributed by atoms with Gasteiger partial charge in [0.1, 0.15) is 0 Å². The minimum Gasteiger partial charge on any atom is -0.395 e. The number of alkyl halides is 1. The zero-order chi connectivity index (χ0) is 19.8. The molecule has 0 aromatic rings. The Morgan fingerprint density at radius 3 is 2.36 bits per heavy atom. The van der Waals surface area contributed by atoms with Gasteiger partial charge in [-0.2, -0.15) is 0 Å². The van der Waals surface area contributed by atoms with Crippen molar-refractivity contribution >= 4 is 17.5 Å². The van der Waals surface area contributed by atoms with Crippen LogP contribution in [0.25, 0.3) is 0 Å². The molecule has 4 saturated carbocycles. The summed E-state index contributed by atoms with van der Waals surface area (Å²) in [6.07, 6.45) is 14.9. The fourth-order valence-electron chi connectivity index (χ4n) is 6.89. The van der Waals surface area contributed by atoms with Crippen LogP contribution in [0.3, 0.4) is 0 Å². The molecule has 5 aliphatic rings. The maximum Gasteiger partial charge on any atom is 0.226 e. The van der Waals surface area contributed by atoms with E-state index in [1.54, 1.807) is 0 Å². The monoisotopic (exact) mass is 407 g/mol. The van der Waals surface area contributed by atoms with E-state index >= 15 is 0 Å². The number of nitrogens with one attached hydrogen (secondary N) is 2. The number of hydrogen-bond acceptors (Lipinski definition) is 4. The third-order valence-corrected chi connectivity index (χ3v) is 7.93. The van der Waals surface area contributed by atoms with Gasteiger partial charge in [0.05, 0.1) is 17.4 Å². The summed E-state index contributed by atoms with van der Waals surface area (Å²) in [6.45, 7) is 2.17. The molecule has 5 nitrogen and oxygen atoms in total. The number of aliphatic hydroxyl groups excluding tert-OH is 1. The number of carbonyl (C=O) groups excluding carboxylic acids is 1. The minimum atomic E-state index is -0.710. The second kappa shape index (κ2) is 8.00. The Kier molecular flexibility index (Phi) is 5.78. The summed E-state index contributed by atoms with van der Waals surface area (Å²) in [5.41, 5.74) is 6.99. The molecule has 0 aromatic carbocycles. The fraction of sp³-hybridized carbons (Fsp3) is 0.773. The Morgan fingerprint density at radius 1 is 1.14 bits per heavy atom. The number of primary amides is 1. The van der Waals surface area contributed by atoms with Gasteiger partial charge in [0.2, 0.25) is 5.91 Å². The number of allylic oxidation sites excluding steroid dienone is 2. The first-order chi connectivity index (χ1) is 13.4. The highest BCUT2D eigenvalue weighted by molar-refractivity contribution is 6.27. The molecular formula is C22H34ClN3O2. The van der Waals surface area contributed by atoms with E-state index < -0.39 is 10.8 Å². The highest BCUT2D eigenvalue weighted by atomic mass is 35.5. The van der Waals surface area contributed by atoms with Crippen LogP contribution in [0.15, 0.2) is 23.9 Å². The maximum absolute atomic E-state index is 12.3. The molecule has 0 spiro atoms. The average Bonchev–Trinajstić information content (AvgIpc) is 2.61. The quantitative estimate of drug-likeness (QED) is 0.349. The third kappa shape index (κ3) is 4.12. The topological polar surface area (TPSA) is 87.4 Å². The first-order valence-electron chi connectivity index (χ1n) is 10.9. The van der Waals surface area contributed by atoms with Crippen molar-refractivity contribution in [3.8, 4) is 0 Å². The van der Waals surface area contributed by atoms with Crippen molar-refractivity contribution in [1.29, 1.82) is 0 Å². The first kappa shape index (κ1) is 20.2. The fourth-order valence-corrected chi connectivity index (χ4v) is 7.41. The molecule has 0 aromatic heterocycles. The molecule has 5 rings (SSSR count). The molecule has 5 aliphatic carbocycles. The third-order valence-electron chi connectivity index (χ3n) is 7.44. The van der Waals surface area contributed by atoms with Gasteiger partial charge in [0.25, 0.3) is 0 Å². The smallest absolute Gasteiger partial charge is 0.226 e. The molecule has 6 heteroatoms. The van der Waals surface area contributed by atoms with E-state index in [0.29, 0.717) is 18.5 Å². The van der Waals surface area contributed by atoms with Crippen molar-refractivity contribution in [1.82, 2.24) is 10.6 Å². The summed E-state index contributed by atoms with van der Waals surface area (Å²) >= 11 is 7.14. The van der Waals surface area contributed by atoms with Gasteiger partial charge >= 0.3 is 0 Å². The van der Waals surface area contributed by atoms with Crippen LogP contribution in [0.1, 0.15) is 44.9 Å². The SMILES string of the molecule is NC(=O)C1C=C(NCCNCCO)C=CC1(Cl)CC12CC3CC(CC(C3)C1)C2. The highest BCUT2D eigenvalue weighted by Crippen LogP contribution is 2.63. The lowest BCUT2D eigenvalue weighted by atomic mass is 9.47. The second-order valence-corrected chi connectivity index (χ2v) is 10.5. The molecule has 2 atom stereocenters. The summed E-state index contributed by atoms with van der Waals surface area (Å²) in [4.78, 5) is 11.6. The zero-order valence-corrected chi connectivity index (χ0v) is 17.4. The second-order valence-electron chi connectivity index (χ2n) is 9.76. The van der Waals surface area contributed by atoms with Gasteiger partial charge in [-0.15, -0.1) is 11.6 Å². The Balaban J connectivity index is 1.43. The number of aliphatic hydroxyl groups is 1. The molecule has 5 N–H and O–H groups in total. The van der Waals surface area contributed by atoms with Gasteiger partial charge in [-0.3, -0.25) is 4.79 Å². The van der Waals surface area contributed by atoms with Crippen molar-refractivity contribution < 1.29 is 9.90 Å². The number of carbonyl (C=O) groups is 1. The van der Waals surface area contributed by atoms with Crippen LogP contribution < -0.4 is 16.4 Å². The standard InChI is InChI=1S/C22H34ClN3O2/c23-22(14-21-11-15-7-16(12-21)9-17(8-15)13-21)2-1-18(10-19(22)20(24)28)26-4-3-25-5-6-27/h1-2,10,15-17,19,25-27H,3-9,11-14H2,(H2,24,28). The molecule has 0 radical (unpaired) electrons. The molecule has 2 unspecified atom stereocenters. The number of nitrogens with two attached hydrogens (primary N) is 1. The lowest BCUT2D eigenvalue weighted by molar-refractivity contribution is -0.122. The molecule has 4 bridgehead atoms.